The zero-order valence-electron chi connectivity index (χ0n) is 13.7. The minimum Gasteiger partial charge on any atom is -0.455 e. The summed E-state index contributed by atoms with van der Waals surface area (Å²) >= 11 is 0. The Morgan fingerprint density at radius 1 is 1.12 bits per heavy atom. The lowest BCUT2D eigenvalue weighted by molar-refractivity contribution is -0.111. The normalized spacial score (nSPS) is 10.6. The predicted molar refractivity (Wildman–Crippen MR) is 97.4 cm³/mol. The van der Waals surface area contributed by atoms with Crippen LogP contribution in [0.2, 0.25) is 0 Å². The standard InChI is InChI=1S/C20H17N3O2/c1-15-13-17(7-9-19(15)25-18-6-4-11-21-14-18)23-20(24)10-8-16-5-2-3-12-22-16/h2-14H,1H3,(H,23,24). The fourth-order valence-electron chi connectivity index (χ4n) is 2.20. The van der Waals surface area contributed by atoms with Crippen molar-refractivity contribution in [3.8, 4) is 11.5 Å². The highest BCUT2D eigenvalue weighted by Crippen LogP contribution is 2.26. The molecule has 0 spiro atoms. The number of aryl methyl sites for hydroxylation is 1. The number of anilines is 1. The number of hydrogen-bond acceptors (Lipinski definition) is 4. The van der Waals surface area contributed by atoms with E-state index in [0.717, 1.165) is 17.0 Å². The van der Waals surface area contributed by atoms with Crippen LogP contribution >= 0.6 is 0 Å². The van der Waals surface area contributed by atoms with Crippen LogP contribution in [0.5, 0.6) is 11.5 Å². The third kappa shape index (κ3) is 4.75. The largest absolute Gasteiger partial charge is 0.455 e. The summed E-state index contributed by atoms with van der Waals surface area (Å²) < 4.78 is 5.78. The molecule has 0 unspecified atom stereocenters. The third-order valence-electron chi connectivity index (χ3n) is 3.40. The Kier molecular flexibility index (Phi) is 5.16. The lowest BCUT2D eigenvalue weighted by Gasteiger charge is -2.10. The van der Waals surface area contributed by atoms with Gasteiger partial charge in [0.25, 0.3) is 0 Å². The molecule has 2 heterocycles. The molecule has 124 valence electrons. The summed E-state index contributed by atoms with van der Waals surface area (Å²) in [5.41, 5.74) is 2.34. The Hall–Kier alpha value is -3.47. The van der Waals surface area contributed by atoms with E-state index in [1.165, 1.54) is 6.08 Å². The topological polar surface area (TPSA) is 64.1 Å². The molecule has 0 saturated heterocycles. The van der Waals surface area contributed by atoms with Gasteiger partial charge < -0.3 is 10.1 Å². The summed E-state index contributed by atoms with van der Waals surface area (Å²) in [4.78, 5) is 20.2. The van der Waals surface area contributed by atoms with Gasteiger partial charge in [-0.3, -0.25) is 14.8 Å². The molecule has 3 aromatic rings. The van der Waals surface area contributed by atoms with Gasteiger partial charge in [-0.05, 0) is 61.0 Å². The van der Waals surface area contributed by atoms with Crippen LogP contribution in [0.1, 0.15) is 11.3 Å². The van der Waals surface area contributed by atoms with Gasteiger partial charge in [-0.1, -0.05) is 6.07 Å². The summed E-state index contributed by atoms with van der Waals surface area (Å²) in [6.45, 7) is 1.92. The number of benzene rings is 1. The number of carbonyl (C=O) groups excluding carboxylic acids is 1. The van der Waals surface area contributed by atoms with Gasteiger partial charge in [-0.2, -0.15) is 0 Å². The highest BCUT2D eigenvalue weighted by atomic mass is 16.5. The van der Waals surface area contributed by atoms with E-state index in [1.54, 1.807) is 30.7 Å². The number of amides is 1. The highest BCUT2D eigenvalue weighted by Gasteiger charge is 2.05. The van der Waals surface area contributed by atoms with Gasteiger partial charge in [-0.15, -0.1) is 0 Å². The maximum atomic E-state index is 12.0. The minimum atomic E-state index is -0.217. The van der Waals surface area contributed by atoms with Gasteiger partial charge in [0.15, 0.2) is 0 Å². The Bertz CT molecular complexity index is 878. The molecule has 1 aromatic carbocycles. The van der Waals surface area contributed by atoms with Crippen LogP contribution in [0, 0.1) is 6.92 Å². The quantitative estimate of drug-likeness (QED) is 0.711. The van der Waals surface area contributed by atoms with Crippen molar-refractivity contribution in [3.63, 3.8) is 0 Å². The Balaban J connectivity index is 1.64. The summed E-state index contributed by atoms with van der Waals surface area (Å²) in [7, 11) is 0. The maximum Gasteiger partial charge on any atom is 0.248 e. The molecular weight excluding hydrogens is 314 g/mol. The van der Waals surface area contributed by atoms with Crippen LogP contribution in [0.4, 0.5) is 5.69 Å². The van der Waals surface area contributed by atoms with Crippen molar-refractivity contribution in [2.45, 2.75) is 6.92 Å². The molecule has 0 fully saturated rings. The fourth-order valence-corrected chi connectivity index (χ4v) is 2.20. The molecule has 0 saturated carbocycles. The van der Waals surface area contributed by atoms with Gasteiger partial charge in [0.2, 0.25) is 5.91 Å². The summed E-state index contributed by atoms with van der Waals surface area (Å²) in [6.07, 6.45) is 8.15. The molecule has 2 aromatic heterocycles. The first-order valence-electron chi connectivity index (χ1n) is 7.79. The second-order valence-corrected chi connectivity index (χ2v) is 5.35. The van der Waals surface area contributed by atoms with E-state index < -0.39 is 0 Å². The molecule has 0 aliphatic rings. The number of hydrogen-bond donors (Lipinski definition) is 1. The van der Waals surface area contributed by atoms with E-state index in [1.807, 2.05) is 49.4 Å². The highest BCUT2D eigenvalue weighted by molar-refractivity contribution is 6.01. The molecule has 1 amide bonds. The molecule has 5 heteroatoms. The Morgan fingerprint density at radius 3 is 2.76 bits per heavy atom. The maximum absolute atomic E-state index is 12.0. The Morgan fingerprint density at radius 2 is 2.04 bits per heavy atom. The van der Waals surface area contributed by atoms with Gasteiger partial charge in [0.05, 0.1) is 11.9 Å². The number of rotatable bonds is 5. The van der Waals surface area contributed by atoms with Crippen LogP contribution in [0.25, 0.3) is 6.08 Å². The van der Waals surface area contributed by atoms with E-state index in [4.69, 9.17) is 4.74 Å². The number of pyridine rings is 2. The van der Waals surface area contributed by atoms with E-state index in [-0.39, 0.29) is 5.91 Å². The molecule has 0 aliphatic heterocycles. The van der Waals surface area contributed by atoms with E-state index in [2.05, 4.69) is 15.3 Å². The fraction of sp³-hybridized carbons (Fsp3) is 0.0500. The van der Waals surface area contributed by atoms with Crippen LogP contribution in [-0.2, 0) is 4.79 Å². The number of nitrogens with one attached hydrogen (secondary N) is 1. The van der Waals surface area contributed by atoms with Gasteiger partial charge in [0.1, 0.15) is 11.5 Å². The first-order valence-corrected chi connectivity index (χ1v) is 7.79. The molecule has 25 heavy (non-hydrogen) atoms. The number of ether oxygens (including phenoxy) is 1. The molecule has 5 nitrogen and oxygen atoms in total. The zero-order chi connectivity index (χ0) is 17.5. The monoisotopic (exact) mass is 331 g/mol. The lowest BCUT2D eigenvalue weighted by Crippen LogP contribution is -2.08. The second-order valence-electron chi connectivity index (χ2n) is 5.35. The molecule has 0 aliphatic carbocycles. The number of carbonyl (C=O) groups is 1. The van der Waals surface area contributed by atoms with E-state index >= 15 is 0 Å². The van der Waals surface area contributed by atoms with Crippen molar-refractivity contribution in [2.24, 2.45) is 0 Å². The van der Waals surface area contributed by atoms with Crippen molar-refractivity contribution in [1.29, 1.82) is 0 Å². The van der Waals surface area contributed by atoms with Crippen molar-refractivity contribution in [3.05, 3.63) is 84.5 Å². The van der Waals surface area contributed by atoms with Crippen molar-refractivity contribution in [1.82, 2.24) is 9.97 Å². The lowest BCUT2D eigenvalue weighted by atomic mass is 10.2. The summed E-state index contributed by atoms with van der Waals surface area (Å²) in [6, 6.07) is 14.7. The number of nitrogens with zero attached hydrogens (tertiary/aromatic N) is 2. The average Bonchev–Trinajstić information content (AvgIpc) is 2.64. The van der Waals surface area contributed by atoms with Gasteiger partial charge in [0, 0.05) is 24.2 Å². The molecule has 0 bridgehead atoms. The van der Waals surface area contributed by atoms with Gasteiger partial charge in [-0.25, -0.2) is 0 Å². The van der Waals surface area contributed by atoms with Crippen LogP contribution < -0.4 is 10.1 Å². The predicted octanol–water partition coefficient (Wildman–Crippen LogP) is 4.23. The number of aromatic nitrogens is 2. The van der Waals surface area contributed by atoms with Gasteiger partial charge >= 0.3 is 0 Å². The average molecular weight is 331 g/mol. The smallest absolute Gasteiger partial charge is 0.248 e. The first-order chi connectivity index (χ1) is 12.2. The zero-order valence-corrected chi connectivity index (χ0v) is 13.7. The molecule has 3 rings (SSSR count). The minimum absolute atomic E-state index is 0.217. The van der Waals surface area contributed by atoms with E-state index in [9.17, 15) is 4.79 Å². The molecular formula is C20H17N3O2. The molecule has 0 atom stereocenters. The van der Waals surface area contributed by atoms with Crippen molar-refractivity contribution < 1.29 is 9.53 Å². The third-order valence-corrected chi connectivity index (χ3v) is 3.40. The van der Waals surface area contributed by atoms with Crippen molar-refractivity contribution in [2.75, 3.05) is 5.32 Å². The molecule has 0 radical (unpaired) electrons. The first kappa shape index (κ1) is 16.4. The summed E-state index contributed by atoms with van der Waals surface area (Å²) in [5.74, 6) is 1.17. The Labute approximate surface area is 146 Å². The van der Waals surface area contributed by atoms with Crippen LogP contribution in [0.3, 0.4) is 0 Å². The second kappa shape index (κ2) is 7.88. The summed E-state index contributed by atoms with van der Waals surface area (Å²) in [5, 5.41) is 2.82. The SMILES string of the molecule is Cc1cc(NC(=O)C=Cc2ccccn2)ccc1Oc1cccnc1. The van der Waals surface area contributed by atoms with Crippen LogP contribution in [0.15, 0.2) is 73.2 Å². The molecule has 1 N–H and O–H groups in total. The van der Waals surface area contributed by atoms with E-state index in [0.29, 0.717) is 11.4 Å². The van der Waals surface area contributed by atoms with Crippen molar-refractivity contribution >= 4 is 17.7 Å². The van der Waals surface area contributed by atoms with Crippen LogP contribution in [-0.4, -0.2) is 15.9 Å².